The molecule has 1 unspecified atom stereocenters. The summed E-state index contributed by atoms with van der Waals surface area (Å²) in [5.74, 6) is 0.100. The van der Waals surface area contributed by atoms with Gasteiger partial charge in [-0.05, 0) is 25.7 Å². The highest BCUT2D eigenvalue weighted by molar-refractivity contribution is 5.82. The molecule has 0 aromatic carbocycles. The van der Waals surface area contributed by atoms with Crippen LogP contribution in [-0.2, 0) is 9.53 Å². The molecule has 0 aromatic rings. The van der Waals surface area contributed by atoms with Crippen LogP contribution in [0.2, 0.25) is 0 Å². The van der Waals surface area contributed by atoms with E-state index in [9.17, 15) is 4.79 Å². The summed E-state index contributed by atoms with van der Waals surface area (Å²) in [5.41, 5.74) is 5.75. The number of likely N-dealkylation sites (tertiary alicyclic amines) is 1. The van der Waals surface area contributed by atoms with Crippen molar-refractivity contribution in [1.29, 1.82) is 0 Å². The van der Waals surface area contributed by atoms with Gasteiger partial charge in [0.2, 0.25) is 5.91 Å². The van der Waals surface area contributed by atoms with Gasteiger partial charge in [-0.25, -0.2) is 0 Å². The van der Waals surface area contributed by atoms with Gasteiger partial charge in [-0.3, -0.25) is 4.79 Å². The standard InChI is InChI=1S/C13H24N2O2/c14-12-7-4-8-15(13(12)16)9-10-17-11-5-2-1-3-6-11/h11-12H,1-10,14H2. The molecule has 4 nitrogen and oxygen atoms in total. The minimum atomic E-state index is -0.279. The van der Waals surface area contributed by atoms with Gasteiger partial charge in [0, 0.05) is 13.1 Å². The SMILES string of the molecule is NC1CCCN(CCOC2CCCCC2)C1=O. The van der Waals surface area contributed by atoms with Crippen molar-refractivity contribution in [1.82, 2.24) is 4.90 Å². The smallest absolute Gasteiger partial charge is 0.239 e. The minimum Gasteiger partial charge on any atom is -0.376 e. The van der Waals surface area contributed by atoms with Crippen LogP contribution in [0.15, 0.2) is 0 Å². The molecule has 98 valence electrons. The lowest BCUT2D eigenvalue weighted by atomic mass is 9.98. The molecule has 4 heteroatoms. The topological polar surface area (TPSA) is 55.6 Å². The fourth-order valence-corrected chi connectivity index (χ4v) is 2.75. The number of nitrogens with zero attached hydrogens (tertiary/aromatic N) is 1. The van der Waals surface area contributed by atoms with E-state index >= 15 is 0 Å². The Labute approximate surface area is 103 Å². The first-order valence-electron chi connectivity index (χ1n) is 6.93. The number of amides is 1. The molecule has 2 fully saturated rings. The third-order valence-electron chi connectivity index (χ3n) is 3.84. The summed E-state index contributed by atoms with van der Waals surface area (Å²) in [7, 11) is 0. The number of carbonyl (C=O) groups excluding carboxylic acids is 1. The number of nitrogens with two attached hydrogens (primary N) is 1. The zero-order chi connectivity index (χ0) is 12.1. The van der Waals surface area contributed by atoms with Crippen LogP contribution in [0.25, 0.3) is 0 Å². The summed E-state index contributed by atoms with van der Waals surface area (Å²) >= 11 is 0. The number of piperidine rings is 1. The Balaban J connectivity index is 1.65. The molecule has 1 saturated carbocycles. The molecular weight excluding hydrogens is 216 g/mol. The van der Waals surface area contributed by atoms with Crippen LogP contribution >= 0.6 is 0 Å². The van der Waals surface area contributed by atoms with Crippen molar-refractivity contribution in [3.8, 4) is 0 Å². The Morgan fingerprint density at radius 1 is 1.18 bits per heavy atom. The fourth-order valence-electron chi connectivity index (χ4n) is 2.75. The van der Waals surface area contributed by atoms with Gasteiger partial charge in [0.1, 0.15) is 0 Å². The summed E-state index contributed by atoms with van der Waals surface area (Å²) < 4.78 is 5.83. The van der Waals surface area contributed by atoms with E-state index in [1.165, 1.54) is 32.1 Å². The van der Waals surface area contributed by atoms with Crippen LogP contribution in [0.1, 0.15) is 44.9 Å². The maximum atomic E-state index is 11.8. The Bertz CT molecular complexity index is 252. The largest absolute Gasteiger partial charge is 0.376 e. The van der Waals surface area contributed by atoms with E-state index in [0.717, 1.165) is 19.4 Å². The summed E-state index contributed by atoms with van der Waals surface area (Å²) in [4.78, 5) is 13.6. The summed E-state index contributed by atoms with van der Waals surface area (Å²) in [5, 5.41) is 0. The lowest BCUT2D eigenvalue weighted by molar-refractivity contribution is -0.136. The lowest BCUT2D eigenvalue weighted by Gasteiger charge is -2.31. The number of hydrogen-bond donors (Lipinski definition) is 1. The molecule has 0 bridgehead atoms. The van der Waals surface area contributed by atoms with E-state index in [1.54, 1.807) is 0 Å². The maximum absolute atomic E-state index is 11.8. The zero-order valence-corrected chi connectivity index (χ0v) is 10.6. The van der Waals surface area contributed by atoms with Gasteiger partial charge in [0.25, 0.3) is 0 Å². The first-order valence-corrected chi connectivity index (χ1v) is 6.93. The van der Waals surface area contributed by atoms with Gasteiger partial charge in [0.05, 0.1) is 18.8 Å². The third kappa shape index (κ3) is 3.68. The first-order chi connectivity index (χ1) is 8.27. The molecule has 0 radical (unpaired) electrons. The quantitative estimate of drug-likeness (QED) is 0.805. The Kier molecular flexibility index (Phi) is 4.80. The van der Waals surface area contributed by atoms with Crippen molar-refractivity contribution in [2.24, 2.45) is 5.73 Å². The van der Waals surface area contributed by atoms with Gasteiger partial charge in [-0.15, -0.1) is 0 Å². The van der Waals surface area contributed by atoms with Crippen molar-refractivity contribution >= 4 is 5.91 Å². The predicted octanol–water partition coefficient (Wildman–Crippen LogP) is 1.29. The second kappa shape index (κ2) is 6.36. The molecule has 1 saturated heterocycles. The van der Waals surface area contributed by atoms with Gasteiger partial charge < -0.3 is 15.4 Å². The van der Waals surface area contributed by atoms with Crippen molar-refractivity contribution in [3.05, 3.63) is 0 Å². The van der Waals surface area contributed by atoms with Crippen LogP contribution < -0.4 is 5.73 Å². The van der Waals surface area contributed by atoms with Gasteiger partial charge in [0.15, 0.2) is 0 Å². The normalized spacial score (nSPS) is 27.5. The summed E-state index contributed by atoms with van der Waals surface area (Å²) in [6.45, 7) is 2.23. The average molecular weight is 240 g/mol. The molecule has 2 N–H and O–H groups in total. The number of hydrogen-bond acceptors (Lipinski definition) is 3. The van der Waals surface area contributed by atoms with Crippen LogP contribution in [0, 0.1) is 0 Å². The average Bonchev–Trinajstić information content (AvgIpc) is 2.36. The molecule has 1 aliphatic carbocycles. The fraction of sp³-hybridized carbons (Fsp3) is 0.923. The Morgan fingerprint density at radius 3 is 2.71 bits per heavy atom. The van der Waals surface area contributed by atoms with Crippen molar-refractivity contribution in [2.45, 2.75) is 57.1 Å². The first kappa shape index (κ1) is 12.8. The van der Waals surface area contributed by atoms with E-state index in [4.69, 9.17) is 10.5 Å². The van der Waals surface area contributed by atoms with Crippen LogP contribution in [-0.4, -0.2) is 42.6 Å². The highest BCUT2D eigenvalue weighted by Crippen LogP contribution is 2.20. The van der Waals surface area contributed by atoms with Gasteiger partial charge in [-0.2, -0.15) is 0 Å². The molecular formula is C13H24N2O2. The Hall–Kier alpha value is -0.610. The van der Waals surface area contributed by atoms with E-state index < -0.39 is 0 Å². The van der Waals surface area contributed by atoms with Crippen LogP contribution in [0.4, 0.5) is 0 Å². The van der Waals surface area contributed by atoms with E-state index in [1.807, 2.05) is 4.90 Å². The highest BCUT2D eigenvalue weighted by atomic mass is 16.5. The lowest BCUT2D eigenvalue weighted by Crippen LogP contribution is -2.49. The molecule has 1 heterocycles. The van der Waals surface area contributed by atoms with E-state index in [2.05, 4.69) is 0 Å². The highest BCUT2D eigenvalue weighted by Gasteiger charge is 2.25. The summed E-state index contributed by atoms with van der Waals surface area (Å²) in [6.07, 6.45) is 8.59. The number of ether oxygens (including phenoxy) is 1. The molecule has 1 aliphatic heterocycles. The molecule has 0 spiro atoms. The molecule has 1 atom stereocenters. The predicted molar refractivity (Wildman–Crippen MR) is 66.6 cm³/mol. The minimum absolute atomic E-state index is 0.100. The van der Waals surface area contributed by atoms with E-state index in [-0.39, 0.29) is 11.9 Å². The van der Waals surface area contributed by atoms with Crippen molar-refractivity contribution in [2.75, 3.05) is 19.7 Å². The second-order valence-electron chi connectivity index (χ2n) is 5.20. The van der Waals surface area contributed by atoms with Crippen LogP contribution in [0.3, 0.4) is 0 Å². The molecule has 2 aliphatic rings. The number of carbonyl (C=O) groups is 1. The number of rotatable bonds is 4. The van der Waals surface area contributed by atoms with Crippen molar-refractivity contribution in [3.63, 3.8) is 0 Å². The molecule has 1 amide bonds. The second-order valence-corrected chi connectivity index (χ2v) is 5.20. The van der Waals surface area contributed by atoms with Gasteiger partial charge in [-0.1, -0.05) is 19.3 Å². The van der Waals surface area contributed by atoms with Gasteiger partial charge >= 0.3 is 0 Å². The maximum Gasteiger partial charge on any atom is 0.239 e. The zero-order valence-electron chi connectivity index (χ0n) is 10.6. The summed E-state index contributed by atoms with van der Waals surface area (Å²) in [6, 6.07) is -0.279. The van der Waals surface area contributed by atoms with Crippen LogP contribution in [0.5, 0.6) is 0 Å². The van der Waals surface area contributed by atoms with Crippen molar-refractivity contribution < 1.29 is 9.53 Å². The van der Waals surface area contributed by atoms with E-state index in [0.29, 0.717) is 19.3 Å². The third-order valence-corrected chi connectivity index (χ3v) is 3.84. The molecule has 2 rings (SSSR count). The monoisotopic (exact) mass is 240 g/mol. The Morgan fingerprint density at radius 2 is 1.94 bits per heavy atom. The molecule has 17 heavy (non-hydrogen) atoms. The molecule has 0 aromatic heterocycles.